The van der Waals surface area contributed by atoms with Crippen molar-refractivity contribution in [2.24, 2.45) is 0 Å². The predicted molar refractivity (Wildman–Crippen MR) is 104 cm³/mol. The van der Waals surface area contributed by atoms with Gasteiger partial charge in [-0.2, -0.15) is 0 Å². The average molecular weight is 341 g/mol. The minimum atomic E-state index is -0.819. The first kappa shape index (κ1) is 16.2. The lowest BCUT2D eigenvalue weighted by Gasteiger charge is -2.16. The Morgan fingerprint density at radius 1 is 0.923 bits per heavy atom. The van der Waals surface area contributed by atoms with Gasteiger partial charge in [-0.15, -0.1) is 5.10 Å². The van der Waals surface area contributed by atoms with Crippen LogP contribution in [0.1, 0.15) is 22.8 Å². The SMILES string of the molecule is Cc1ccc(C(O)/C(=C\c2ccccc2)n2nnc3ccccc32)cc1. The number of fused-ring (bicyclic) bond motifs is 1. The Kier molecular flexibility index (Phi) is 4.33. The number of hydrogen-bond acceptors (Lipinski definition) is 3. The van der Waals surface area contributed by atoms with Crippen molar-refractivity contribution >= 4 is 22.8 Å². The van der Waals surface area contributed by atoms with E-state index in [1.165, 1.54) is 0 Å². The maximum atomic E-state index is 11.1. The molecule has 0 fully saturated rings. The van der Waals surface area contributed by atoms with Gasteiger partial charge in [0.05, 0.1) is 11.2 Å². The van der Waals surface area contributed by atoms with E-state index in [-0.39, 0.29) is 0 Å². The molecule has 0 bridgehead atoms. The zero-order valence-corrected chi connectivity index (χ0v) is 14.4. The van der Waals surface area contributed by atoms with Crippen LogP contribution in [0.25, 0.3) is 22.8 Å². The van der Waals surface area contributed by atoms with Crippen molar-refractivity contribution in [2.45, 2.75) is 13.0 Å². The Labute approximate surface area is 152 Å². The molecule has 4 heteroatoms. The first-order valence-corrected chi connectivity index (χ1v) is 8.54. The predicted octanol–water partition coefficient (Wildman–Crippen LogP) is 4.47. The maximum Gasteiger partial charge on any atom is 0.121 e. The van der Waals surface area contributed by atoms with Gasteiger partial charge < -0.3 is 5.11 Å². The molecule has 1 unspecified atom stereocenters. The van der Waals surface area contributed by atoms with Gasteiger partial charge in [0.25, 0.3) is 0 Å². The topological polar surface area (TPSA) is 50.9 Å². The van der Waals surface area contributed by atoms with E-state index in [1.807, 2.05) is 91.9 Å². The van der Waals surface area contributed by atoms with Gasteiger partial charge in [0.1, 0.15) is 11.6 Å². The van der Waals surface area contributed by atoms with E-state index in [4.69, 9.17) is 0 Å². The Bertz CT molecular complexity index is 1050. The second-order valence-corrected chi connectivity index (χ2v) is 6.28. The summed E-state index contributed by atoms with van der Waals surface area (Å²) >= 11 is 0. The first-order valence-electron chi connectivity index (χ1n) is 8.54. The van der Waals surface area contributed by atoms with E-state index in [0.29, 0.717) is 5.70 Å². The van der Waals surface area contributed by atoms with E-state index in [1.54, 1.807) is 4.68 Å². The number of rotatable bonds is 4. The van der Waals surface area contributed by atoms with Gasteiger partial charge in [-0.3, -0.25) is 0 Å². The lowest BCUT2D eigenvalue weighted by Crippen LogP contribution is -2.09. The molecule has 1 aromatic heterocycles. The quantitative estimate of drug-likeness (QED) is 0.596. The molecular formula is C22H19N3O. The summed E-state index contributed by atoms with van der Waals surface area (Å²) in [5.41, 5.74) is 5.28. The van der Waals surface area contributed by atoms with Crippen LogP contribution in [0.4, 0.5) is 0 Å². The normalized spacial score (nSPS) is 13.1. The number of aromatic nitrogens is 3. The molecule has 0 aliphatic rings. The van der Waals surface area contributed by atoms with Crippen LogP contribution < -0.4 is 0 Å². The number of nitrogens with zero attached hydrogens (tertiary/aromatic N) is 3. The summed E-state index contributed by atoms with van der Waals surface area (Å²) in [7, 11) is 0. The highest BCUT2D eigenvalue weighted by Crippen LogP contribution is 2.29. The molecule has 4 nitrogen and oxygen atoms in total. The number of hydrogen-bond donors (Lipinski definition) is 1. The van der Waals surface area contributed by atoms with Gasteiger partial charge in [0.15, 0.2) is 0 Å². The molecule has 1 N–H and O–H groups in total. The van der Waals surface area contributed by atoms with E-state index in [2.05, 4.69) is 10.3 Å². The largest absolute Gasteiger partial charge is 0.382 e. The van der Waals surface area contributed by atoms with Crippen LogP contribution in [-0.4, -0.2) is 20.1 Å². The smallest absolute Gasteiger partial charge is 0.121 e. The molecule has 0 aliphatic carbocycles. The molecule has 4 aromatic rings. The van der Waals surface area contributed by atoms with E-state index in [9.17, 15) is 5.11 Å². The molecule has 0 radical (unpaired) electrons. The van der Waals surface area contributed by atoms with Gasteiger partial charge in [-0.05, 0) is 36.3 Å². The number of aliphatic hydroxyl groups excluding tert-OH is 1. The Morgan fingerprint density at radius 2 is 1.62 bits per heavy atom. The molecule has 1 atom stereocenters. The molecular weight excluding hydrogens is 322 g/mol. The van der Waals surface area contributed by atoms with Crippen LogP contribution in [-0.2, 0) is 0 Å². The van der Waals surface area contributed by atoms with Crippen molar-refractivity contribution in [3.05, 3.63) is 95.6 Å². The van der Waals surface area contributed by atoms with Crippen LogP contribution in [0.15, 0.2) is 78.9 Å². The van der Waals surface area contributed by atoms with Crippen LogP contribution in [0.2, 0.25) is 0 Å². The summed E-state index contributed by atoms with van der Waals surface area (Å²) < 4.78 is 1.72. The Morgan fingerprint density at radius 3 is 2.38 bits per heavy atom. The standard InChI is InChI=1S/C22H19N3O/c1-16-11-13-18(14-12-16)22(26)21(15-17-7-3-2-4-8-17)25-20-10-6-5-9-19(20)23-24-25/h2-15,22,26H,1H3/b21-15+. The van der Waals surface area contributed by atoms with Crippen molar-refractivity contribution < 1.29 is 5.11 Å². The van der Waals surface area contributed by atoms with E-state index in [0.717, 1.165) is 27.7 Å². The van der Waals surface area contributed by atoms with Crippen LogP contribution in [0.3, 0.4) is 0 Å². The fraction of sp³-hybridized carbons (Fsp3) is 0.0909. The molecule has 26 heavy (non-hydrogen) atoms. The zero-order chi connectivity index (χ0) is 17.9. The van der Waals surface area contributed by atoms with Gasteiger partial charge in [0.2, 0.25) is 0 Å². The minimum Gasteiger partial charge on any atom is -0.382 e. The second kappa shape index (κ2) is 6.94. The summed E-state index contributed by atoms with van der Waals surface area (Å²) in [5.74, 6) is 0. The number of para-hydroxylation sites is 1. The number of benzene rings is 3. The summed E-state index contributed by atoms with van der Waals surface area (Å²) in [6.07, 6.45) is 1.13. The summed E-state index contributed by atoms with van der Waals surface area (Å²) in [5, 5.41) is 19.6. The summed E-state index contributed by atoms with van der Waals surface area (Å²) in [6, 6.07) is 25.5. The van der Waals surface area contributed by atoms with Gasteiger partial charge in [0, 0.05) is 0 Å². The molecule has 0 saturated heterocycles. The van der Waals surface area contributed by atoms with Crippen molar-refractivity contribution in [1.82, 2.24) is 15.0 Å². The average Bonchev–Trinajstić information content (AvgIpc) is 3.11. The third kappa shape index (κ3) is 3.15. The fourth-order valence-electron chi connectivity index (χ4n) is 2.96. The zero-order valence-electron chi connectivity index (χ0n) is 14.4. The van der Waals surface area contributed by atoms with Crippen LogP contribution in [0, 0.1) is 6.92 Å². The molecule has 4 rings (SSSR count). The van der Waals surface area contributed by atoms with Crippen molar-refractivity contribution in [1.29, 1.82) is 0 Å². The van der Waals surface area contributed by atoms with Gasteiger partial charge in [-0.25, -0.2) is 4.68 Å². The fourth-order valence-corrected chi connectivity index (χ4v) is 2.96. The molecule has 0 spiro atoms. The summed E-state index contributed by atoms with van der Waals surface area (Å²) in [6.45, 7) is 2.03. The highest BCUT2D eigenvalue weighted by Gasteiger charge is 2.19. The molecule has 0 aliphatic heterocycles. The third-order valence-corrected chi connectivity index (χ3v) is 4.38. The van der Waals surface area contributed by atoms with Crippen molar-refractivity contribution in [3.63, 3.8) is 0 Å². The highest BCUT2D eigenvalue weighted by atomic mass is 16.3. The Balaban J connectivity index is 1.87. The third-order valence-electron chi connectivity index (χ3n) is 4.38. The minimum absolute atomic E-state index is 0.661. The number of aliphatic hydroxyl groups is 1. The van der Waals surface area contributed by atoms with E-state index >= 15 is 0 Å². The Hall–Kier alpha value is -3.24. The first-order chi connectivity index (χ1) is 12.7. The molecule has 0 amide bonds. The van der Waals surface area contributed by atoms with Crippen LogP contribution >= 0.6 is 0 Å². The lowest BCUT2D eigenvalue weighted by molar-refractivity contribution is 0.231. The molecule has 128 valence electrons. The molecule has 3 aromatic carbocycles. The molecule has 1 heterocycles. The van der Waals surface area contributed by atoms with Gasteiger partial charge in [-0.1, -0.05) is 77.5 Å². The lowest BCUT2D eigenvalue weighted by atomic mass is 10.0. The van der Waals surface area contributed by atoms with Crippen molar-refractivity contribution in [3.8, 4) is 0 Å². The maximum absolute atomic E-state index is 11.1. The van der Waals surface area contributed by atoms with Gasteiger partial charge >= 0.3 is 0 Å². The monoisotopic (exact) mass is 341 g/mol. The van der Waals surface area contributed by atoms with Crippen molar-refractivity contribution in [2.75, 3.05) is 0 Å². The number of aryl methyl sites for hydroxylation is 1. The summed E-state index contributed by atoms with van der Waals surface area (Å²) in [4.78, 5) is 0. The highest BCUT2D eigenvalue weighted by molar-refractivity contribution is 5.83. The second-order valence-electron chi connectivity index (χ2n) is 6.28. The van der Waals surface area contributed by atoms with Crippen LogP contribution in [0.5, 0.6) is 0 Å². The molecule has 0 saturated carbocycles. The van der Waals surface area contributed by atoms with E-state index < -0.39 is 6.10 Å².